The zero-order valence-electron chi connectivity index (χ0n) is 19.0. The van der Waals surface area contributed by atoms with Gasteiger partial charge in [0.15, 0.2) is 12.4 Å². The molecule has 0 spiro atoms. The van der Waals surface area contributed by atoms with Gasteiger partial charge in [0.1, 0.15) is 0 Å². The van der Waals surface area contributed by atoms with Gasteiger partial charge in [0.05, 0.1) is 35.7 Å². The highest BCUT2D eigenvalue weighted by molar-refractivity contribution is 6.06. The molecule has 1 saturated heterocycles. The molecule has 4 unspecified atom stereocenters. The van der Waals surface area contributed by atoms with Crippen LogP contribution >= 0.6 is 0 Å². The maximum Gasteiger partial charge on any atom is 0.344 e. The van der Waals surface area contributed by atoms with Crippen molar-refractivity contribution < 1.29 is 33.5 Å². The second-order valence-electron chi connectivity index (χ2n) is 8.62. The maximum absolute atomic E-state index is 12.8. The van der Waals surface area contributed by atoms with Crippen LogP contribution in [0.4, 0.5) is 5.69 Å². The van der Waals surface area contributed by atoms with Crippen LogP contribution in [-0.2, 0) is 19.1 Å². The Labute approximate surface area is 195 Å². The summed E-state index contributed by atoms with van der Waals surface area (Å²) in [6.07, 6.45) is 5.62. The Morgan fingerprint density at radius 3 is 2.41 bits per heavy atom. The van der Waals surface area contributed by atoms with Gasteiger partial charge >= 0.3 is 11.7 Å². The third-order valence-electron chi connectivity index (χ3n) is 6.02. The van der Waals surface area contributed by atoms with Crippen molar-refractivity contribution in [3.63, 3.8) is 0 Å². The highest BCUT2D eigenvalue weighted by Crippen LogP contribution is 2.52. The number of allylic oxidation sites excluding steroid dienone is 2. The quantitative estimate of drug-likeness (QED) is 0.134. The number of nitro groups is 1. The first kappa shape index (κ1) is 23.4. The molecule has 1 saturated carbocycles. The molecule has 3 aliphatic rings. The lowest BCUT2D eigenvalue weighted by Crippen LogP contribution is -2.28. The molecule has 2 aliphatic carbocycles. The lowest BCUT2D eigenvalue weighted by Gasteiger charge is -2.14. The van der Waals surface area contributed by atoms with Gasteiger partial charge in [-0.2, -0.15) is 10.1 Å². The predicted octanol–water partition coefficient (Wildman–Crippen LogP) is 2.46. The first-order valence-corrected chi connectivity index (χ1v) is 11.1. The van der Waals surface area contributed by atoms with Crippen molar-refractivity contribution in [2.75, 3.05) is 13.2 Å². The summed E-state index contributed by atoms with van der Waals surface area (Å²) < 4.78 is 15.9. The molecule has 4 atom stereocenters. The Bertz CT molecular complexity index is 1070. The zero-order valence-corrected chi connectivity index (χ0v) is 19.0. The molecule has 180 valence electrons. The Hall–Kier alpha value is -3.76. The molecule has 2 bridgehead atoms. The molecular formula is C23H25N3O8. The van der Waals surface area contributed by atoms with Crippen LogP contribution in [0.3, 0.4) is 0 Å². The summed E-state index contributed by atoms with van der Waals surface area (Å²) in [5.74, 6) is -2.28. The fourth-order valence-electron chi connectivity index (χ4n) is 4.78. The van der Waals surface area contributed by atoms with E-state index >= 15 is 0 Å². The fourth-order valence-corrected chi connectivity index (χ4v) is 4.78. The van der Waals surface area contributed by atoms with Gasteiger partial charge in [-0.15, -0.1) is 0 Å². The van der Waals surface area contributed by atoms with Crippen LogP contribution in [0.1, 0.15) is 32.8 Å². The third kappa shape index (κ3) is 4.25. The number of amides is 2. The van der Waals surface area contributed by atoms with E-state index in [-0.39, 0.29) is 53.4 Å². The second kappa shape index (κ2) is 9.24. The summed E-state index contributed by atoms with van der Waals surface area (Å²) in [4.78, 5) is 48.5. The fraction of sp³-hybridized carbons (Fsp3) is 0.478. The molecular weight excluding hydrogens is 446 g/mol. The Balaban J connectivity index is 1.58. The summed E-state index contributed by atoms with van der Waals surface area (Å²) in [5, 5.41) is 16.6. The van der Waals surface area contributed by atoms with Crippen molar-refractivity contribution in [3.8, 4) is 11.5 Å². The van der Waals surface area contributed by atoms with Crippen molar-refractivity contribution in [3.05, 3.63) is 40.0 Å². The topological polar surface area (TPSA) is 138 Å². The molecule has 0 aromatic heterocycles. The minimum absolute atomic E-state index is 0.0219. The number of nitrogens with zero attached hydrogens (tertiary/aromatic N) is 3. The molecule has 11 heteroatoms. The number of benzene rings is 1. The summed E-state index contributed by atoms with van der Waals surface area (Å²) in [7, 11) is 0. The standard InChI is InChI=1S/C23H25N3O8/c1-4-32-17-8-13(7-16(26(30)31)21(17)33-11-18(27)34-12(2)3)10-24-25-22(28)19-14-5-6-15(9-14)20(19)23(25)29/h5-8,10,12,14-15,19-20H,4,9,11H2,1-3H3. The van der Waals surface area contributed by atoms with E-state index in [1.54, 1.807) is 20.8 Å². The highest BCUT2D eigenvalue weighted by Gasteiger charge is 2.59. The van der Waals surface area contributed by atoms with Crippen molar-refractivity contribution in [1.82, 2.24) is 5.01 Å². The smallest absolute Gasteiger partial charge is 0.344 e. The maximum atomic E-state index is 12.8. The predicted molar refractivity (Wildman–Crippen MR) is 118 cm³/mol. The first-order valence-electron chi connectivity index (χ1n) is 11.1. The third-order valence-corrected chi connectivity index (χ3v) is 6.02. The van der Waals surface area contributed by atoms with E-state index in [0.717, 1.165) is 11.4 Å². The average molecular weight is 471 g/mol. The molecule has 1 aliphatic heterocycles. The molecule has 2 fully saturated rings. The molecule has 0 N–H and O–H groups in total. The van der Waals surface area contributed by atoms with Gasteiger partial charge in [-0.25, -0.2) is 4.79 Å². The molecule has 4 rings (SSSR count). The van der Waals surface area contributed by atoms with E-state index in [2.05, 4.69) is 5.10 Å². The number of carbonyl (C=O) groups excluding carboxylic acids is 3. The molecule has 1 aromatic carbocycles. The minimum Gasteiger partial charge on any atom is -0.490 e. The summed E-state index contributed by atoms with van der Waals surface area (Å²) in [5.41, 5.74) is -0.228. The SMILES string of the molecule is CCOc1cc(C=NN2C(=O)C3C4C=CC(C4)C3C2=O)cc([N+](=O)[O-])c1OCC(=O)OC(C)C. The number of ether oxygens (including phenoxy) is 3. The van der Waals surface area contributed by atoms with Crippen LogP contribution < -0.4 is 9.47 Å². The summed E-state index contributed by atoms with van der Waals surface area (Å²) in [6, 6.07) is 2.60. The summed E-state index contributed by atoms with van der Waals surface area (Å²) >= 11 is 0. The minimum atomic E-state index is -0.683. The van der Waals surface area contributed by atoms with Crippen LogP contribution in [0, 0.1) is 33.8 Å². The van der Waals surface area contributed by atoms with Crippen molar-refractivity contribution >= 4 is 29.7 Å². The molecule has 2 amide bonds. The van der Waals surface area contributed by atoms with Gasteiger partial charge in [0.2, 0.25) is 5.75 Å². The van der Waals surface area contributed by atoms with E-state index in [1.165, 1.54) is 18.3 Å². The molecule has 0 radical (unpaired) electrons. The molecule has 11 nitrogen and oxygen atoms in total. The van der Waals surface area contributed by atoms with Crippen molar-refractivity contribution in [1.29, 1.82) is 0 Å². The lowest BCUT2D eigenvalue weighted by atomic mass is 9.85. The van der Waals surface area contributed by atoms with E-state index in [1.807, 2.05) is 12.2 Å². The van der Waals surface area contributed by atoms with E-state index in [9.17, 15) is 24.5 Å². The van der Waals surface area contributed by atoms with E-state index in [4.69, 9.17) is 14.2 Å². The van der Waals surface area contributed by atoms with Gasteiger partial charge in [0.25, 0.3) is 11.8 Å². The van der Waals surface area contributed by atoms with Crippen LogP contribution in [0.25, 0.3) is 0 Å². The molecule has 1 heterocycles. The van der Waals surface area contributed by atoms with Crippen molar-refractivity contribution in [2.45, 2.75) is 33.3 Å². The highest BCUT2D eigenvalue weighted by atomic mass is 16.6. The van der Waals surface area contributed by atoms with Crippen LogP contribution in [0.15, 0.2) is 29.4 Å². The van der Waals surface area contributed by atoms with Crippen LogP contribution in [0.2, 0.25) is 0 Å². The number of hydrazone groups is 1. The zero-order chi connectivity index (χ0) is 24.6. The Morgan fingerprint density at radius 2 is 1.85 bits per heavy atom. The number of hydrogen-bond acceptors (Lipinski definition) is 9. The van der Waals surface area contributed by atoms with Gasteiger partial charge in [-0.05, 0) is 45.1 Å². The largest absolute Gasteiger partial charge is 0.490 e. The van der Waals surface area contributed by atoms with E-state index in [0.29, 0.717) is 0 Å². The summed E-state index contributed by atoms with van der Waals surface area (Å²) in [6.45, 7) is 4.66. The number of rotatable bonds is 9. The van der Waals surface area contributed by atoms with Crippen LogP contribution in [0.5, 0.6) is 11.5 Å². The lowest BCUT2D eigenvalue weighted by molar-refractivity contribution is -0.385. The normalized spacial score (nSPS) is 24.9. The van der Waals surface area contributed by atoms with Gasteiger partial charge in [0, 0.05) is 11.6 Å². The average Bonchev–Trinajstić information content (AvgIpc) is 3.45. The molecule has 34 heavy (non-hydrogen) atoms. The van der Waals surface area contributed by atoms with Gasteiger partial charge in [-0.1, -0.05) is 12.2 Å². The second-order valence-corrected chi connectivity index (χ2v) is 8.62. The van der Waals surface area contributed by atoms with E-state index < -0.39 is 35.0 Å². The number of carbonyl (C=O) groups is 3. The van der Waals surface area contributed by atoms with Crippen molar-refractivity contribution in [2.24, 2.45) is 28.8 Å². The molecule has 1 aromatic rings. The number of nitro benzene ring substituents is 1. The van der Waals surface area contributed by atoms with Crippen LogP contribution in [-0.4, -0.2) is 53.2 Å². The first-order chi connectivity index (χ1) is 16.2. The number of hydrogen-bond donors (Lipinski definition) is 0. The number of imide groups is 1. The number of fused-ring (bicyclic) bond motifs is 5. The Kier molecular flexibility index (Phi) is 6.36. The Morgan fingerprint density at radius 1 is 1.21 bits per heavy atom. The van der Waals surface area contributed by atoms with Gasteiger partial charge < -0.3 is 14.2 Å². The monoisotopic (exact) mass is 471 g/mol. The van der Waals surface area contributed by atoms with Gasteiger partial charge in [-0.3, -0.25) is 19.7 Å². The number of esters is 1.